The van der Waals surface area contributed by atoms with Gasteiger partial charge >= 0.3 is 0 Å². The third-order valence-corrected chi connectivity index (χ3v) is 3.51. The monoisotopic (exact) mass is 289 g/mol. The van der Waals surface area contributed by atoms with E-state index in [0.717, 1.165) is 5.39 Å². The zero-order valence-electron chi connectivity index (χ0n) is 12.4. The summed E-state index contributed by atoms with van der Waals surface area (Å²) in [7, 11) is 3.28. The highest BCUT2D eigenvalue weighted by Gasteiger charge is 2.17. The molecule has 6 heteroatoms. The summed E-state index contributed by atoms with van der Waals surface area (Å²) < 4.78 is 6.22. The van der Waals surface area contributed by atoms with E-state index in [4.69, 9.17) is 4.74 Å². The second-order valence-electron chi connectivity index (χ2n) is 5.00. The maximum absolute atomic E-state index is 12.3. The average molecular weight is 289 g/mol. The number of ether oxygens (including phenoxy) is 1. The molecule has 2 rings (SSSR count). The van der Waals surface area contributed by atoms with Crippen molar-refractivity contribution in [1.82, 2.24) is 14.7 Å². The molecule has 21 heavy (non-hydrogen) atoms. The van der Waals surface area contributed by atoms with Crippen LogP contribution in [0.4, 0.5) is 0 Å². The zero-order chi connectivity index (χ0) is 15.4. The van der Waals surface area contributed by atoms with Crippen LogP contribution >= 0.6 is 0 Å². The first kappa shape index (κ1) is 15.2. The van der Waals surface area contributed by atoms with E-state index in [9.17, 15) is 9.59 Å². The van der Waals surface area contributed by atoms with Crippen LogP contribution in [0.1, 0.15) is 6.92 Å². The van der Waals surface area contributed by atoms with E-state index in [1.807, 2.05) is 19.1 Å². The third kappa shape index (κ3) is 3.28. The lowest BCUT2D eigenvalue weighted by Crippen LogP contribution is -2.41. The number of fused-ring (bicyclic) bond motifs is 1. The number of hydrogen-bond acceptors (Lipinski definition) is 4. The van der Waals surface area contributed by atoms with Crippen LogP contribution in [-0.4, -0.2) is 47.4 Å². The summed E-state index contributed by atoms with van der Waals surface area (Å²) in [6, 6.07) is 7.14. The standard InChI is InChI=1S/C15H19N3O3/c1-11(10-21-3)17(2)14(19)9-18-15(20)13-7-5-4-6-12(13)8-16-18/h4-8,11H,9-10H2,1-3H3/t11-/m1/s1. The second-order valence-corrected chi connectivity index (χ2v) is 5.00. The summed E-state index contributed by atoms with van der Waals surface area (Å²) in [4.78, 5) is 26.0. The van der Waals surface area contributed by atoms with Crippen LogP contribution in [0.25, 0.3) is 10.8 Å². The van der Waals surface area contributed by atoms with Gasteiger partial charge in [0.05, 0.1) is 24.2 Å². The van der Waals surface area contributed by atoms with Crippen LogP contribution in [0, 0.1) is 0 Å². The number of carbonyl (C=O) groups is 1. The number of hydrogen-bond donors (Lipinski definition) is 0. The Labute approximate surface area is 122 Å². The SMILES string of the molecule is COC[C@@H](C)N(C)C(=O)Cn1ncc2ccccc2c1=O. The Morgan fingerprint density at radius 3 is 2.86 bits per heavy atom. The molecule has 1 heterocycles. The van der Waals surface area contributed by atoms with Gasteiger partial charge in [-0.2, -0.15) is 5.10 Å². The largest absolute Gasteiger partial charge is 0.383 e. The molecule has 1 aromatic heterocycles. The van der Waals surface area contributed by atoms with Crippen molar-refractivity contribution in [3.63, 3.8) is 0 Å². The topological polar surface area (TPSA) is 64.4 Å². The minimum atomic E-state index is -0.255. The molecule has 112 valence electrons. The van der Waals surface area contributed by atoms with Crippen molar-refractivity contribution in [3.8, 4) is 0 Å². The zero-order valence-corrected chi connectivity index (χ0v) is 12.4. The van der Waals surface area contributed by atoms with Gasteiger partial charge in [-0.15, -0.1) is 0 Å². The first-order valence-corrected chi connectivity index (χ1v) is 6.74. The van der Waals surface area contributed by atoms with E-state index < -0.39 is 0 Å². The van der Waals surface area contributed by atoms with E-state index in [2.05, 4.69) is 5.10 Å². The maximum Gasteiger partial charge on any atom is 0.275 e. The lowest BCUT2D eigenvalue weighted by molar-refractivity contribution is -0.133. The molecular weight excluding hydrogens is 270 g/mol. The molecule has 0 spiro atoms. The van der Waals surface area contributed by atoms with Gasteiger partial charge < -0.3 is 9.64 Å². The Kier molecular flexibility index (Phi) is 4.70. The summed E-state index contributed by atoms with van der Waals surface area (Å²) in [6.45, 7) is 2.26. The third-order valence-electron chi connectivity index (χ3n) is 3.51. The number of carbonyl (C=O) groups excluding carboxylic acids is 1. The van der Waals surface area contributed by atoms with Gasteiger partial charge in [0, 0.05) is 19.5 Å². The van der Waals surface area contributed by atoms with Crippen molar-refractivity contribution in [2.24, 2.45) is 0 Å². The van der Waals surface area contributed by atoms with Gasteiger partial charge in [-0.25, -0.2) is 4.68 Å². The maximum atomic E-state index is 12.3. The summed E-state index contributed by atoms with van der Waals surface area (Å²) in [5, 5.41) is 5.39. The van der Waals surface area contributed by atoms with Gasteiger partial charge in [0.2, 0.25) is 5.91 Å². The lowest BCUT2D eigenvalue weighted by atomic mass is 10.2. The molecule has 1 aromatic carbocycles. The molecular formula is C15H19N3O3. The molecule has 6 nitrogen and oxygen atoms in total. The minimum absolute atomic E-state index is 0.0568. The van der Waals surface area contributed by atoms with Crippen LogP contribution in [-0.2, 0) is 16.1 Å². The number of benzene rings is 1. The molecule has 0 aliphatic heterocycles. The molecule has 0 radical (unpaired) electrons. The van der Waals surface area contributed by atoms with Gasteiger partial charge in [0.1, 0.15) is 6.54 Å². The fourth-order valence-electron chi connectivity index (χ4n) is 2.08. The molecule has 0 N–H and O–H groups in total. The predicted molar refractivity (Wildman–Crippen MR) is 80.1 cm³/mol. The fourth-order valence-corrected chi connectivity index (χ4v) is 2.08. The van der Waals surface area contributed by atoms with Gasteiger partial charge in [-0.1, -0.05) is 18.2 Å². The minimum Gasteiger partial charge on any atom is -0.383 e. The van der Waals surface area contributed by atoms with Crippen LogP contribution < -0.4 is 5.56 Å². The highest BCUT2D eigenvalue weighted by atomic mass is 16.5. The average Bonchev–Trinajstić information content (AvgIpc) is 2.49. The van der Waals surface area contributed by atoms with Gasteiger partial charge in [-0.05, 0) is 13.0 Å². The van der Waals surface area contributed by atoms with Crippen molar-refractivity contribution < 1.29 is 9.53 Å². The van der Waals surface area contributed by atoms with Crippen LogP contribution in [0.15, 0.2) is 35.3 Å². The van der Waals surface area contributed by atoms with Crippen molar-refractivity contribution >= 4 is 16.7 Å². The van der Waals surface area contributed by atoms with Crippen LogP contribution in [0.2, 0.25) is 0 Å². The van der Waals surface area contributed by atoms with Gasteiger partial charge in [0.25, 0.3) is 5.56 Å². The van der Waals surface area contributed by atoms with E-state index in [1.54, 1.807) is 37.4 Å². The molecule has 1 amide bonds. The van der Waals surface area contributed by atoms with E-state index in [1.165, 1.54) is 4.68 Å². The number of aromatic nitrogens is 2. The summed E-state index contributed by atoms with van der Waals surface area (Å²) >= 11 is 0. The number of nitrogens with zero attached hydrogens (tertiary/aromatic N) is 3. The lowest BCUT2D eigenvalue weighted by Gasteiger charge is -2.24. The Bertz CT molecular complexity index is 696. The smallest absolute Gasteiger partial charge is 0.275 e. The normalized spacial score (nSPS) is 12.3. The van der Waals surface area contributed by atoms with Crippen molar-refractivity contribution in [2.75, 3.05) is 20.8 Å². The number of methoxy groups -OCH3 is 1. The Morgan fingerprint density at radius 1 is 1.43 bits per heavy atom. The number of rotatable bonds is 5. The molecule has 0 bridgehead atoms. The first-order chi connectivity index (χ1) is 10.0. The molecule has 0 unspecified atom stereocenters. The molecule has 2 aromatic rings. The predicted octanol–water partition coefficient (Wildman–Crippen LogP) is 0.890. The van der Waals surface area contributed by atoms with Crippen molar-refractivity contribution in [2.45, 2.75) is 19.5 Å². The van der Waals surface area contributed by atoms with Crippen LogP contribution in [0.3, 0.4) is 0 Å². The van der Waals surface area contributed by atoms with Gasteiger partial charge in [0.15, 0.2) is 0 Å². The Balaban J connectivity index is 2.22. The molecule has 0 aliphatic rings. The molecule has 0 aliphatic carbocycles. The number of likely N-dealkylation sites (N-methyl/N-ethyl adjacent to an activating group) is 1. The van der Waals surface area contributed by atoms with E-state index >= 15 is 0 Å². The molecule has 0 fully saturated rings. The van der Waals surface area contributed by atoms with E-state index in [-0.39, 0.29) is 24.1 Å². The summed E-state index contributed by atoms with van der Waals surface area (Å²) in [6.07, 6.45) is 1.60. The van der Waals surface area contributed by atoms with E-state index in [0.29, 0.717) is 12.0 Å². The summed E-state index contributed by atoms with van der Waals surface area (Å²) in [5.74, 6) is -0.176. The second kappa shape index (κ2) is 6.49. The van der Waals surface area contributed by atoms with Gasteiger partial charge in [-0.3, -0.25) is 9.59 Å². The highest BCUT2D eigenvalue weighted by Crippen LogP contribution is 2.06. The van der Waals surface area contributed by atoms with Crippen LogP contribution in [0.5, 0.6) is 0 Å². The van der Waals surface area contributed by atoms with Crippen molar-refractivity contribution in [3.05, 3.63) is 40.8 Å². The molecule has 0 saturated carbocycles. The molecule has 1 atom stereocenters. The summed E-state index contributed by atoms with van der Waals surface area (Å²) in [5.41, 5.74) is -0.255. The van der Waals surface area contributed by atoms with Crippen molar-refractivity contribution in [1.29, 1.82) is 0 Å². The molecule has 0 saturated heterocycles. The quantitative estimate of drug-likeness (QED) is 0.820. The Hall–Kier alpha value is -2.21. The fraction of sp³-hybridized carbons (Fsp3) is 0.400. The highest BCUT2D eigenvalue weighted by molar-refractivity contribution is 5.81. The number of amides is 1. The Morgan fingerprint density at radius 2 is 2.14 bits per heavy atom. The first-order valence-electron chi connectivity index (χ1n) is 6.74.